The molecule has 218 valence electrons. The number of benzene rings is 4. The van der Waals surface area contributed by atoms with Crippen LogP contribution in [0, 0.1) is 0 Å². The van der Waals surface area contributed by atoms with Crippen LogP contribution >= 0.6 is 0 Å². The number of hydrogen-bond donors (Lipinski definition) is 1. The van der Waals surface area contributed by atoms with Crippen molar-refractivity contribution in [2.24, 2.45) is 0 Å². The van der Waals surface area contributed by atoms with Crippen molar-refractivity contribution < 1.29 is 26.4 Å². The van der Waals surface area contributed by atoms with E-state index >= 15 is 0 Å². The van der Waals surface area contributed by atoms with Gasteiger partial charge < -0.3 is 10.1 Å². The van der Waals surface area contributed by atoms with Gasteiger partial charge in [-0.3, -0.25) is 9.10 Å². The third-order valence-corrected chi connectivity index (χ3v) is 10.7. The summed E-state index contributed by atoms with van der Waals surface area (Å²) in [6, 6.07) is 27.6. The molecule has 1 amide bonds. The second-order valence-corrected chi connectivity index (χ2v) is 13.6. The van der Waals surface area contributed by atoms with Crippen molar-refractivity contribution in [2.45, 2.75) is 29.2 Å². The van der Waals surface area contributed by atoms with Gasteiger partial charge in [-0.1, -0.05) is 42.5 Å². The van der Waals surface area contributed by atoms with E-state index in [4.69, 9.17) is 4.74 Å². The van der Waals surface area contributed by atoms with Crippen LogP contribution in [0.3, 0.4) is 0 Å². The normalized spacial score (nSPS) is 13.9. The molecule has 1 aliphatic heterocycles. The topological polar surface area (TPSA) is 113 Å². The number of nitrogens with one attached hydrogen (secondary N) is 1. The molecule has 1 saturated heterocycles. The van der Waals surface area contributed by atoms with Crippen molar-refractivity contribution in [3.63, 3.8) is 0 Å². The quantitative estimate of drug-likeness (QED) is 0.268. The summed E-state index contributed by atoms with van der Waals surface area (Å²) in [6.45, 7) is 0.982. The van der Waals surface area contributed by atoms with E-state index in [-0.39, 0.29) is 27.6 Å². The minimum absolute atomic E-state index is 0.0114. The number of carbonyl (C=O) groups is 1. The highest BCUT2D eigenvalue weighted by atomic mass is 32.2. The maximum atomic E-state index is 14.0. The van der Waals surface area contributed by atoms with Gasteiger partial charge in [-0.15, -0.1) is 0 Å². The van der Waals surface area contributed by atoms with E-state index in [0.717, 1.165) is 18.4 Å². The first kappa shape index (κ1) is 29.3. The van der Waals surface area contributed by atoms with Crippen LogP contribution < -0.4 is 14.4 Å². The second kappa shape index (κ2) is 12.4. The molecule has 0 saturated carbocycles. The minimum Gasteiger partial charge on any atom is -0.497 e. The van der Waals surface area contributed by atoms with Gasteiger partial charge in [-0.05, 0) is 79.1 Å². The average Bonchev–Trinajstić information content (AvgIpc) is 3.57. The zero-order valence-electron chi connectivity index (χ0n) is 23.0. The number of nitrogens with zero attached hydrogens (tertiary/aromatic N) is 2. The summed E-state index contributed by atoms with van der Waals surface area (Å²) in [5.41, 5.74) is 1.45. The standard InChI is InChI=1S/C31H31N3O6S2/c1-40-26-15-19-28(20-16-26)42(38,39)34(23-24-9-3-2-4-10-24)30-12-6-5-11-29(30)31(35)32-25-13-17-27(18-14-25)41(36,37)33-21-7-8-22-33/h2-6,9-20H,7-8,21-23H2,1H3,(H,32,35). The molecule has 1 heterocycles. The number of rotatable bonds is 10. The summed E-state index contributed by atoms with van der Waals surface area (Å²) >= 11 is 0. The van der Waals surface area contributed by atoms with Gasteiger partial charge in [0.05, 0.1) is 34.7 Å². The molecule has 9 nitrogen and oxygen atoms in total. The third-order valence-electron chi connectivity index (χ3n) is 7.05. The first-order chi connectivity index (χ1) is 20.2. The molecule has 0 atom stereocenters. The molecule has 4 aromatic rings. The Kier molecular flexibility index (Phi) is 8.62. The fourth-order valence-electron chi connectivity index (χ4n) is 4.79. The molecule has 0 radical (unpaired) electrons. The first-order valence-corrected chi connectivity index (χ1v) is 16.3. The van der Waals surface area contributed by atoms with E-state index in [1.165, 1.54) is 52.1 Å². The molecule has 0 unspecified atom stereocenters. The largest absolute Gasteiger partial charge is 0.497 e. The van der Waals surface area contributed by atoms with Gasteiger partial charge in [0.25, 0.3) is 15.9 Å². The third kappa shape index (κ3) is 6.18. The Morgan fingerprint density at radius 1 is 0.786 bits per heavy atom. The van der Waals surface area contributed by atoms with Gasteiger partial charge in [-0.2, -0.15) is 4.31 Å². The molecule has 0 aliphatic carbocycles. The molecule has 4 aromatic carbocycles. The van der Waals surface area contributed by atoms with Crippen molar-refractivity contribution in [3.05, 3.63) is 114 Å². The van der Waals surface area contributed by atoms with Crippen molar-refractivity contribution >= 4 is 37.3 Å². The molecule has 5 rings (SSSR count). The molecular weight excluding hydrogens is 574 g/mol. The van der Waals surface area contributed by atoms with Crippen LogP contribution in [-0.2, 0) is 26.6 Å². The zero-order valence-corrected chi connectivity index (χ0v) is 24.6. The van der Waals surface area contributed by atoms with Gasteiger partial charge in [-0.25, -0.2) is 16.8 Å². The Hall–Kier alpha value is -4.19. The number of amides is 1. The molecule has 1 N–H and O–H groups in total. The molecule has 11 heteroatoms. The molecular formula is C31H31N3O6S2. The summed E-state index contributed by atoms with van der Waals surface area (Å²) in [5, 5.41) is 2.79. The Morgan fingerprint density at radius 3 is 2.02 bits per heavy atom. The molecule has 42 heavy (non-hydrogen) atoms. The Morgan fingerprint density at radius 2 is 1.38 bits per heavy atom. The van der Waals surface area contributed by atoms with Crippen LogP contribution in [0.5, 0.6) is 5.75 Å². The smallest absolute Gasteiger partial charge is 0.264 e. The van der Waals surface area contributed by atoms with Crippen LogP contribution in [0.15, 0.2) is 113 Å². The van der Waals surface area contributed by atoms with E-state index in [1.54, 1.807) is 36.4 Å². The molecule has 1 aliphatic rings. The van der Waals surface area contributed by atoms with Gasteiger partial charge in [0.1, 0.15) is 5.75 Å². The van der Waals surface area contributed by atoms with E-state index in [0.29, 0.717) is 24.5 Å². The lowest BCUT2D eigenvalue weighted by atomic mass is 10.1. The van der Waals surface area contributed by atoms with Crippen molar-refractivity contribution in [1.29, 1.82) is 0 Å². The Balaban J connectivity index is 1.46. The predicted octanol–water partition coefficient (Wildman–Crippen LogP) is 5.13. The average molecular weight is 606 g/mol. The zero-order chi connectivity index (χ0) is 29.7. The number of carbonyl (C=O) groups excluding carboxylic acids is 1. The predicted molar refractivity (Wildman–Crippen MR) is 162 cm³/mol. The summed E-state index contributed by atoms with van der Waals surface area (Å²) < 4.78 is 61.6. The highest BCUT2D eigenvalue weighted by molar-refractivity contribution is 7.92. The van der Waals surface area contributed by atoms with E-state index in [2.05, 4.69) is 5.32 Å². The van der Waals surface area contributed by atoms with E-state index < -0.39 is 26.0 Å². The van der Waals surface area contributed by atoms with E-state index in [9.17, 15) is 21.6 Å². The van der Waals surface area contributed by atoms with Crippen LogP contribution in [-0.4, -0.2) is 47.2 Å². The Labute approximate surface area is 246 Å². The highest BCUT2D eigenvalue weighted by Gasteiger charge is 2.29. The maximum Gasteiger partial charge on any atom is 0.264 e. The fraction of sp³-hybridized carbons (Fsp3) is 0.194. The number of sulfonamides is 2. The van der Waals surface area contributed by atoms with E-state index in [1.807, 2.05) is 30.3 Å². The lowest BCUT2D eigenvalue weighted by Crippen LogP contribution is -2.32. The van der Waals surface area contributed by atoms with Crippen molar-refractivity contribution in [2.75, 3.05) is 29.8 Å². The SMILES string of the molecule is COc1ccc(S(=O)(=O)N(Cc2ccccc2)c2ccccc2C(=O)Nc2ccc(S(=O)(=O)N3CCCC3)cc2)cc1. The lowest BCUT2D eigenvalue weighted by molar-refractivity contribution is 0.102. The van der Waals surface area contributed by atoms with Gasteiger partial charge in [0, 0.05) is 18.8 Å². The van der Waals surface area contributed by atoms with Gasteiger partial charge in [0.2, 0.25) is 10.0 Å². The fourth-order valence-corrected chi connectivity index (χ4v) is 7.78. The van der Waals surface area contributed by atoms with Crippen LogP contribution in [0.4, 0.5) is 11.4 Å². The number of methoxy groups -OCH3 is 1. The van der Waals surface area contributed by atoms with Gasteiger partial charge in [0.15, 0.2) is 0 Å². The first-order valence-electron chi connectivity index (χ1n) is 13.4. The molecule has 1 fully saturated rings. The van der Waals surface area contributed by atoms with Crippen molar-refractivity contribution in [1.82, 2.24) is 4.31 Å². The van der Waals surface area contributed by atoms with Crippen molar-refractivity contribution in [3.8, 4) is 5.75 Å². The Bertz CT molecular complexity index is 1750. The number of anilines is 2. The minimum atomic E-state index is -4.11. The maximum absolute atomic E-state index is 14.0. The summed E-state index contributed by atoms with van der Waals surface area (Å²) in [5.74, 6) is -0.0219. The van der Waals surface area contributed by atoms with Crippen LogP contribution in [0.25, 0.3) is 0 Å². The summed E-state index contributed by atoms with van der Waals surface area (Å²) in [4.78, 5) is 13.8. The summed E-state index contributed by atoms with van der Waals surface area (Å²) in [6.07, 6.45) is 1.67. The molecule has 0 spiro atoms. The van der Waals surface area contributed by atoms with Crippen LogP contribution in [0.1, 0.15) is 28.8 Å². The second-order valence-electron chi connectivity index (χ2n) is 9.78. The monoisotopic (exact) mass is 605 g/mol. The van der Waals surface area contributed by atoms with Gasteiger partial charge >= 0.3 is 0 Å². The molecule has 0 aromatic heterocycles. The number of ether oxygens (including phenoxy) is 1. The van der Waals surface area contributed by atoms with Crippen LogP contribution in [0.2, 0.25) is 0 Å². The number of hydrogen-bond acceptors (Lipinski definition) is 6. The lowest BCUT2D eigenvalue weighted by Gasteiger charge is -2.26. The summed E-state index contributed by atoms with van der Waals surface area (Å²) in [7, 11) is -6.20. The molecule has 0 bridgehead atoms. The number of para-hydroxylation sites is 1. The highest BCUT2D eigenvalue weighted by Crippen LogP contribution is 2.31.